The zero-order valence-electron chi connectivity index (χ0n) is 10.0. The molecule has 18 heavy (non-hydrogen) atoms. The van der Waals surface area contributed by atoms with E-state index in [1.165, 1.54) is 25.3 Å². The minimum absolute atomic E-state index is 0.0519. The van der Waals surface area contributed by atoms with Crippen LogP contribution in [0.25, 0.3) is 0 Å². The second kappa shape index (κ2) is 4.91. The van der Waals surface area contributed by atoms with Crippen LogP contribution in [-0.2, 0) is 9.53 Å². The molecule has 1 aliphatic heterocycles. The molecule has 1 saturated heterocycles. The average Bonchev–Trinajstić information content (AvgIpc) is 2.80. The van der Waals surface area contributed by atoms with Gasteiger partial charge in [-0.3, -0.25) is 4.79 Å². The highest BCUT2D eigenvalue weighted by Gasteiger charge is 2.38. The summed E-state index contributed by atoms with van der Waals surface area (Å²) in [5.74, 6) is -0.528. The largest absolute Gasteiger partial charge is 0.497 e. The number of anilines is 1. The molecule has 2 rings (SSSR count). The van der Waals surface area contributed by atoms with E-state index in [4.69, 9.17) is 15.2 Å². The van der Waals surface area contributed by atoms with Gasteiger partial charge in [0, 0.05) is 12.7 Å². The second-order valence-corrected chi connectivity index (χ2v) is 4.26. The van der Waals surface area contributed by atoms with E-state index in [2.05, 4.69) is 5.32 Å². The molecule has 0 radical (unpaired) electrons. The molecule has 0 saturated carbocycles. The lowest BCUT2D eigenvalue weighted by Gasteiger charge is -2.20. The highest BCUT2D eigenvalue weighted by molar-refractivity contribution is 5.98. The van der Waals surface area contributed by atoms with Crippen LogP contribution in [0.5, 0.6) is 5.75 Å². The summed E-state index contributed by atoms with van der Waals surface area (Å²) in [6.45, 7) is 0.578. The second-order valence-electron chi connectivity index (χ2n) is 4.26. The van der Waals surface area contributed by atoms with Gasteiger partial charge in [0.25, 0.3) is 0 Å². The molecule has 1 unspecified atom stereocenters. The van der Waals surface area contributed by atoms with Crippen LogP contribution in [-0.4, -0.2) is 31.8 Å². The number of carbonyl (C=O) groups excluding carboxylic acids is 1. The summed E-state index contributed by atoms with van der Waals surface area (Å²) in [7, 11) is 1.47. The first-order chi connectivity index (χ1) is 8.55. The van der Waals surface area contributed by atoms with Crippen molar-refractivity contribution in [2.75, 3.05) is 25.6 Å². The molecule has 0 aromatic heterocycles. The molecule has 0 spiro atoms. The Morgan fingerprint density at radius 1 is 1.61 bits per heavy atom. The van der Waals surface area contributed by atoms with E-state index in [1.54, 1.807) is 0 Å². The average molecular weight is 254 g/mol. The maximum Gasteiger partial charge on any atom is 0.247 e. The molecule has 3 N–H and O–H groups in total. The lowest BCUT2D eigenvalue weighted by Crippen LogP contribution is -2.51. The summed E-state index contributed by atoms with van der Waals surface area (Å²) in [6.07, 6.45) is 0.421. The smallest absolute Gasteiger partial charge is 0.247 e. The van der Waals surface area contributed by atoms with E-state index < -0.39 is 17.3 Å². The lowest BCUT2D eigenvalue weighted by molar-refractivity contribution is -0.121. The molecule has 0 aliphatic carbocycles. The Bertz CT molecular complexity index is 459. The van der Waals surface area contributed by atoms with Gasteiger partial charge in [-0.25, -0.2) is 4.39 Å². The Kier molecular flexibility index (Phi) is 3.49. The summed E-state index contributed by atoms with van der Waals surface area (Å²) in [5.41, 5.74) is 4.84. The molecule has 1 amide bonds. The lowest BCUT2D eigenvalue weighted by atomic mass is 9.99. The van der Waals surface area contributed by atoms with Gasteiger partial charge in [0.1, 0.15) is 17.1 Å². The van der Waals surface area contributed by atoms with E-state index in [0.717, 1.165) is 0 Å². The van der Waals surface area contributed by atoms with Gasteiger partial charge in [0.2, 0.25) is 5.91 Å². The van der Waals surface area contributed by atoms with Crippen LogP contribution in [0.1, 0.15) is 6.42 Å². The Labute approximate surface area is 104 Å². The summed E-state index contributed by atoms with van der Waals surface area (Å²) in [5, 5.41) is 2.47. The van der Waals surface area contributed by atoms with Crippen LogP contribution in [0.4, 0.5) is 10.1 Å². The highest BCUT2D eigenvalue weighted by atomic mass is 19.1. The maximum absolute atomic E-state index is 13.5. The number of halogens is 1. The Hall–Kier alpha value is -1.66. The quantitative estimate of drug-likeness (QED) is 0.840. The fourth-order valence-corrected chi connectivity index (χ4v) is 1.73. The van der Waals surface area contributed by atoms with Gasteiger partial charge in [-0.1, -0.05) is 0 Å². The van der Waals surface area contributed by atoms with E-state index >= 15 is 0 Å². The summed E-state index contributed by atoms with van der Waals surface area (Å²) < 4.78 is 23.6. The topological polar surface area (TPSA) is 73.6 Å². The number of nitrogens with one attached hydrogen (secondary N) is 1. The van der Waals surface area contributed by atoms with Gasteiger partial charge >= 0.3 is 0 Å². The van der Waals surface area contributed by atoms with Crippen LogP contribution < -0.4 is 15.8 Å². The molecule has 1 aliphatic rings. The number of hydrogen-bond donors (Lipinski definition) is 2. The molecular weight excluding hydrogens is 239 g/mol. The van der Waals surface area contributed by atoms with Crippen molar-refractivity contribution in [3.63, 3.8) is 0 Å². The van der Waals surface area contributed by atoms with E-state index in [-0.39, 0.29) is 12.3 Å². The van der Waals surface area contributed by atoms with Crippen molar-refractivity contribution in [1.29, 1.82) is 0 Å². The molecule has 1 aromatic rings. The number of nitrogens with two attached hydrogens (primary N) is 1. The van der Waals surface area contributed by atoms with Crippen LogP contribution in [0.3, 0.4) is 0 Å². The zero-order valence-corrected chi connectivity index (χ0v) is 10.0. The fraction of sp³-hybridized carbons (Fsp3) is 0.417. The van der Waals surface area contributed by atoms with Gasteiger partial charge < -0.3 is 20.5 Å². The number of hydrogen-bond acceptors (Lipinski definition) is 4. The van der Waals surface area contributed by atoms with Crippen molar-refractivity contribution in [2.45, 2.75) is 12.0 Å². The standard InChI is InChI=1S/C12H15FN2O3/c1-17-8-2-3-9(13)10(6-8)15-11(16)12(14)4-5-18-7-12/h2-3,6H,4-5,7,14H2,1H3,(H,15,16). The van der Waals surface area contributed by atoms with Gasteiger partial charge in [-0.15, -0.1) is 0 Å². The number of methoxy groups -OCH3 is 1. The van der Waals surface area contributed by atoms with Crippen molar-refractivity contribution < 1.29 is 18.7 Å². The van der Waals surface area contributed by atoms with Crippen LogP contribution in [0.2, 0.25) is 0 Å². The normalized spacial score (nSPS) is 22.8. The minimum Gasteiger partial charge on any atom is -0.497 e. The molecule has 98 valence electrons. The maximum atomic E-state index is 13.5. The van der Waals surface area contributed by atoms with Gasteiger partial charge in [-0.2, -0.15) is 0 Å². The molecule has 6 heteroatoms. The van der Waals surface area contributed by atoms with Crippen molar-refractivity contribution in [2.24, 2.45) is 5.73 Å². The van der Waals surface area contributed by atoms with Crippen molar-refractivity contribution in [1.82, 2.24) is 0 Å². The fourth-order valence-electron chi connectivity index (χ4n) is 1.73. The Balaban J connectivity index is 2.16. The molecule has 0 bridgehead atoms. The summed E-state index contributed by atoms with van der Waals surface area (Å²) >= 11 is 0. The molecule has 1 atom stereocenters. The zero-order chi connectivity index (χ0) is 13.2. The third-order valence-corrected chi connectivity index (χ3v) is 2.93. The summed E-state index contributed by atoms with van der Waals surface area (Å²) in [4.78, 5) is 12.0. The number of amides is 1. The minimum atomic E-state index is -1.09. The third-order valence-electron chi connectivity index (χ3n) is 2.93. The van der Waals surface area contributed by atoms with Crippen LogP contribution in [0, 0.1) is 5.82 Å². The molecular formula is C12H15FN2O3. The van der Waals surface area contributed by atoms with Crippen LogP contribution in [0.15, 0.2) is 18.2 Å². The predicted molar refractivity (Wildman–Crippen MR) is 63.9 cm³/mol. The van der Waals surface area contributed by atoms with Gasteiger partial charge in [0.15, 0.2) is 0 Å². The first-order valence-corrected chi connectivity index (χ1v) is 5.57. The van der Waals surface area contributed by atoms with Crippen LogP contribution >= 0.6 is 0 Å². The van der Waals surface area contributed by atoms with Gasteiger partial charge in [0.05, 0.1) is 19.4 Å². The number of carbonyl (C=O) groups is 1. The first kappa shape index (κ1) is 12.8. The highest BCUT2D eigenvalue weighted by Crippen LogP contribution is 2.23. The monoisotopic (exact) mass is 254 g/mol. The molecule has 1 fully saturated rings. The molecule has 1 aromatic carbocycles. The SMILES string of the molecule is COc1ccc(F)c(NC(=O)C2(N)CCOC2)c1. The Morgan fingerprint density at radius 3 is 3.00 bits per heavy atom. The van der Waals surface area contributed by atoms with E-state index in [9.17, 15) is 9.18 Å². The van der Waals surface area contributed by atoms with Crippen molar-refractivity contribution in [3.8, 4) is 5.75 Å². The van der Waals surface area contributed by atoms with Gasteiger partial charge in [-0.05, 0) is 18.6 Å². The van der Waals surface area contributed by atoms with E-state index in [0.29, 0.717) is 18.8 Å². The number of rotatable bonds is 3. The number of ether oxygens (including phenoxy) is 2. The summed E-state index contributed by atoms with van der Waals surface area (Å²) in [6, 6.07) is 4.11. The first-order valence-electron chi connectivity index (χ1n) is 5.57. The van der Waals surface area contributed by atoms with Crippen molar-refractivity contribution in [3.05, 3.63) is 24.0 Å². The van der Waals surface area contributed by atoms with E-state index in [1.807, 2.05) is 0 Å². The van der Waals surface area contributed by atoms with Crippen molar-refractivity contribution >= 4 is 11.6 Å². The Morgan fingerprint density at radius 2 is 2.39 bits per heavy atom. The predicted octanol–water partition coefficient (Wildman–Crippen LogP) is 0.891. The number of benzene rings is 1. The third kappa shape index (κ3) is 2.44. The molecule has 5 nitrogen and oxygen atoms in total. The molecule has 1 heterocycles.